The molecule has 0 heterocycles. The molecule has 0 aliphatic rings. The summed E-state index contributed by atoms with van der Waals surface area (Å²) in [5, 5.41) is 9.02. The smallest absolute Gasteiger partial charge is 0.337 e. The molecule has 0 aromatic heterocycles. The van der Waals surface area contributed by atoms with Crippen molar-refractivity contribution in [3.8, 4) is 0 Å². The maximum absolute atomic E-state index is 12.1. The number of anilines is 1. The summed E-state index contributed by atoms with van der Waals surface area (Å²) in [5.74, 6) is -1.83. The SMILES string of the molecule is NC(=O)CCCCNS(=O)(=O)c1ccc(N)cc1C(=O)O. The minimum Gasteiger partial charge on any atom is -0.478 e. The molecule has 0 radical (unpaired) electrons. The number of hydrogen-bond donors (Lipinski definition) is 4. The number of primary amides is 1. The maximum atomic E-state index is 12.1. The molecule has 1 rings (SSSR count). The molecular weight excluding hydrogens is 298 g/mol. The van der Waals surface area contributed by atoms with E-state index in [4.69, 9.17) is 16.6 Å². The van der Waals surface area contributed by atoms with E-state index in [2.05, 4.69) is 4.72 Å². The van der Waals surface area contributed by atoms with Gasteiger partial charge in [0.15, 0.2) is 0 Å². The van der Waals surface area contributed by atoms with Gasteiger partial charge in [-0.1, -0.05) is 0 Å². The van der Waals surface area contributed by atoms with Crippen molar-refractivity contribution in [2.45, 2.75) is 24.2 Å². The first kappa shape index (κ1) is 16.9. The largest absolute Gasteiger partial charge is 0.478 e. The van der Waals surface area contributed by atoms with Gasteiger partial charge in [0.25, 0.3) is 0 Å². The maximum Gasteiger partial charge on any atom is 0.337 e. The van der Waals surface area contributed by atoms with E-state index in [-0.39, 0.29) is 29.1 Å². The number of rotatable bonds is 8. The summed E-state index contributed by atoms with van der Waals surface area (Å²) in [6, 6.07) is 3.54. The Morgan fingerprint density at radius 1 is 1.24 bits per heavy atom. The van der Waals surface area contributed by atoms with E-state index >= 15 is 0 Å². The number of amides is 1. The second-order valence-corrected chi connectivity index (χ2v) is 6.12. The van der Waals surface area contributed by atoms with Crippen molar-refractivity contribution >= 4 is 27.6 Å². The first-order chi connectivity index (χ1) is 9.74. The lowest BCUT2D eigenvalue weighted by atomic mass is 10.2. The van der Waals surface area contributed by atoms with Crippen molar-refractivity contribution in [1.29, 1.82) is 0 Å². The van der Waals surface area contributed by atoms with E-state index in [1.807, 2.05) is 0 Å². The highest BCUT2D eigenvalue weighted by Gasteiger charge is 2.22. The van der Waals surface area contributed by atoms with Crippen LogP contribution in [0.4, 0.5) is 5.69 Å². The Labute approximate surface area is 122 Å². The zero-order chi connectivity index (χ0) is 16.0. The topological polar surface area (TPSA) is 153 Å². The lowest BCUT2D eigenvalue weighted by molar-refractivity contribution is -0.118. The molecule has 0 aliphatic heterocycles. The van der Waals surface area contributed by atoms with Crippen LogP contribution in [0.15, 0.2) is 23.1 Å². The minimum atomic E-state index is -3.96. The Morgan fingerprint density at radius 2 is 1.90 bits per heavy atom. The van der Waals surface area contributed by atoms with Gasteiger partial charge in [0.1, 0.15) is 0 Å². The monoisotopic (exact) mass is 315 g/mol. The molecule has 0 unspecified atom stereocenters. The highest BCUT2D eigenvalue weighted by atomic mass is 32.2. The molecule has 0 saturated heterocycles. The Balaban J connectivity index is 2.79. The summed E-state index contributed by atoms with van der Waals surface area (Å²) < 4.78 is 26.4. The number of carboxylic acids is 1. The van der Waals surface area contributed by atoms with E-state index in [0.29, 0.717) is 12.8 Å². The Bertz CT molecular complexity index is 642. The molecule has 8 nitrogen and oxygen atoms in total. The predicted octanol–water partition coefficient (Wildman–Crippen LogP) is -0.0991. The Hall–Kier alpha value is -2.13. The van der Waals surface area contributed by atoms with E-state index in [1.54, 1.807) is 0 Å². The molecule has 0 spiro atoms. The molecule has 9 heteroatoms. The molecule has 0 atom stereocenters. The number of nitrogen functional groups attached to an aromatic ring is 1. The number of carbonyl (C=O) groups excluding carboxylic acids is 1. The van der Waals surface area contributed by atoms with Crippen molar-refractivity contribution in [2.24, 2.45) is 5.73 Å². The van der Waals surface area contributed by atoms with Gasteiger partial charge >= 0.3 is 5.97 Å². The first-order valence-corrected chi connectivity index (χ1v) is 7.63. The van der Waals surface area contributed by atoms with Crippen LogP contribution in [-0.4, -0.2) is 31.9 Å². The molecule has 116 valence electrons. The zero-order valence-electron chi connectivity index (χ0n) is 11.2. The third-order valence-corrected chi connectivity index (χ3v) is 4.18. The van der Waals surface area contributed by atoms with Crippen molar-refractivity contribution < 1.29 is 23.1 Å². The number of nitrogens with one attached hydrogen (secondary N) is 1. The average molecular weight is 315 g/mol. The molecule has 1 amide bonds. The molecule has 0 fully saturated rings. The number of carbonyl (C=O) groups is 2. The number of hydrogen-bond acceptors (Lipinski definition) is 5. The van der Waals surface area contributed by atoms with Crippen LogP contribution in [0, 0.1) is 0 Å². The van der Waals surface area contributed by atoms with Crippen LogP contribution in [0.3, 0.4) is 0 Å². The van der Waals surface area contributed by atoms with Gasteiger partial charge in [0, 0.05) is 18.7 Å². The lowest BCUT2D eigenvalue weighted by Gasteiger charge is -2.09. The normalized spacial score (nSPS) is 11.2. The lowest BCUT2D eigenvalue weighted by Crippen LogP contribution is -2.26. The Morgan fingerprint density at radius 3 is 2.48 bits per heavy atom. The van der Waals surface area contributed by atoms with E-state index < -0.39 is 21.9 Å². The number of benzene rings is 1. The Kier molecular flexibility index (Phi) is 5.68. The highest BCUT2D eigenvalue weighted by molar-refractivity contribution is 7.89. The van der Waals surface area contributed by atoms with Crippen molar-refractivity contribution in [1.82, 2.24) is 4.72 Å². The van der Waals surface area contributed by atoms with Crippen LogP contribution in [0.2, 0.25) is 0 Å². The molecule has 1 aromatic rings. The van der Waals surface area contributed by atoms with Crippen molar-refractivity contribution in [2.75, 3.05) is 12.3 Å². The summed E-state index contributed by atoms with van der Waals surface area (Å²) in [5.41, 5.74) is 10.2. The molecule has 0 bridgehead atoms. The fourth-order valence-corrected chi connectivity index (χ4v) is 2.91. The second-order valence-electron chi connectivity index (χ2n) is 4.38. The first-order valence-electron chi connectivity index (χ1n) is 6.15. The number of unbranched alkanes of at least 4 members (excludes halogenated alkanes) is 1. The number of sulfonamides is 1. The fourth-order valence-electron chi connectivity index (χ4n) is 1.66. The van der Waals surface area contributed by atoms with Gasteiger partial charge in [-0.05, 0) is 31.0 Å². The summed E-state index contributed by atoms with van der Waals surface area (Å²) in [6.07, 6.45) is 1.04. The molecule has 0 saturated carbocycles. The minimum absolute atomic E-state index is 0.0824. The molecule has 6 N–H and O–H groups in total. The van der Waals surface area contributed by atoms with E-state index in [0.717, 1.165) is 12.1 Å². The summed E-state index contributed by atoms with van der Waals surface area (Å²) in [6.45, 7) is 0.0824. The van der Waals surface area contributed by atoms with E-state index in [9.17, 15) is 18.0 Å². The van der Waals surface area contributed by atoms with Gasteiger partial charge < -0.3 is 16.6 Å². The fraction of sp³-hybridized carbons (Fsp3) is 0.333. The zero-order valence-corrected chi connectivity index (χ0v) is 12.0. The van der Waals surface area contributed by atoms with E-state index in [1.165, 1.54) is 6.07 Å². The number of nitrogens with two attached hydrogens (primary N) is 2. The van der Waals surface area contributed by atoms with Gasteiger partial charge in [-0.2, -0.15) is 0 Å². The quantitative estimate of drug-likeness (QED) is 0.388. The standard InChI is InChI=1S/C12H17N3O5S/c13-8-4-5-10(9(7-8)12(17)18)21(19,20)15-6-2-1-3-11(14)16/h4-5,7,15H,1-3,6,13H2,(H2,14,16)(H,17,18). The van der Waals surface area contributed by atoms with Crippen LogP contribution in [0.25, 0.3) is 0 Å². The van der Waals surface area contributed by atoms with Crippen LogP contribution >= 0.6 is 0 Å². The summed E-state index contributed by atoms with van der Waals surface area (Å²) in [7, 11) is -3.96. The van der Waals surface area contributed by atoms with Crippen LogP contribution in [-0.2, 0) is 14.8 Å². The summed E-state index contributed by atoms with van der Waals surface area (Å²) in [4.78, 5) is 21.3. The average Bonchev–Trinajstić information content (AvgIpc) is 2.37. The summed E-state index contributed by atoms with van der Waals surface area (Å²) >= 11 is 0. The predicted molar refractivity (Wildman–Crippen MR) is 76.0 cm³/mol. The van der Waals surface area contributed by atoms with Crippen LogP contribution in [0.1, 0.15) is 29.6 Å². The van der Waals surface area contributed by atoms with Gasteiger partial charge in [-0.15, -0.1) is 0 Å². The van der Waals surface area contributed by atoms with Crippen LogP contribution < -0.4 is 16.2 Å². The van der Waals surface area contributed by atoms with Crippen molar-refractivity contribution in [3.05, 3.63) is 23.8 Å². The molecule has 21 heavy (non-hydrogen) atoms. The number of carboxylic acid groups (broad SMARTS) is 1. The van der Waals surface area contributed by atoms with Gasteiger partial charge in [-0.3, -0.25) is 4.79 Å². The third kappa shape index (κ3) is 5.04. The van der Waals surface area contributed by atoms with Gasteiger partial charge in [0.2, 0.25) is 15.9 Å². The second kappa shape index (κ2) is 7.04. The van der Waals surface area contributed by atoms with Crippen molar-refractivity contribution in [3.63, 3.8) is 0 Å². The molecule has 0 aliphatic carbocycles. The highest BCUT2D eigenvalue weighted by Crippen LogP contribution is 2.18. The van der Waals surface area contributed by atoms with Gasteiger partial charge in [0.05, 0.1) is 10.5 Å². The van der Waals surface area contributed by atoms with Gasteiger partial charge in [-0.25, -0.2) is 17.9 Å². The molecular formula is C12H17N3O5S. The third-order valence-electron chi connectivity index (χ3n) is 2.67. The van der Waals surface area contributed by atoms with Crippen LogP contribution in [0.5, 0.6) is 0 Å². The molecule has 1 aromatic carbocycles. The number of aromatic carboxylic acids is 1.